The van der Waals surface area contributed by atoms with Crippen LogP contribution in [0.15, 0.2) is 24.3 Å². The highest BCUT2D eigenvalue weighted by molar-refractivity contribution is 5.98. The van der Waals surface area contributed by atoms with Crippen molar-refractivity contribution in [1.82, 2.24) is 0 Å². The zero-order chi connectivity index (χ0) is 18.8. The fraction of sp³-hybridized carbons (Fsp3) is 0.550. The quantitative estimate of drug-likeness (QED) is 0.657. The van der Waals surface area contributed by atoms with Crippen LogP contribution in [0.2, 0.25) is 0 Å². The molecule has 0 aromatic heterocycles. The number of amides is 2. The molecule has 0 aliphatic carbocycles. The van der Waals surface area contributed by atoms with Gasteiger partial charge in [-0.1, -0.05) is 45.0 Å². The van der Waals surface area contributed by atoms with Crippen LogP contribution in [0.5, 0.6) is 0 Å². The molecule has 5 heteroatoms. The minimum absolute atomic E-state index is 0.0154. The number of rotatable bonds is 4. The lowest BCUT2D eigenvalue weighted by molar-refractivity contribution is -0.792. The molecule has 1 saturated heterocycles. The van der Waals surface area contributed by atoms with Crippen LogP contribution in [0.1, 0.15) is 69.3 Å². The van der Waals surface area contributed by atoms with E-state index in [1.807, 2.05) is 12.1 Å². The standard InChI is InChI=1S/C20H27NO4/c1-14-6-5-13-21(14,19(24)25)18(23)12-11-17(22)15-7-9-16(10-8-15)20(2,3)4/h7-10,14H,5-6,11-13H2,1-4H3/p+1/t14-,21?/m1/s1. The van der Waals surface area contributed by atoms with Crippen LogP contribution in [0.25, 0.3) is 0 Å². The van der Waals surface area contributed by atoms with Crippen molar-refractivity contribution in [1.29, 1.82) is 0 Å². The molecular formula is C20H28NO4+. The lowest BCUT2D eigenvalue weighted by Gasteiger charge is -2.29. The molecule has 1 aromatic rings. The number of quaternary nitrogens is 1. The summed E-state index contributed by atoms with van der Waals surface area (Å²) in [5.41, 5.74) is 1.72. The molecule has 0 bridgehead atoms. The zero-order valence-corrected chi connectivity index (χ0v) is 15.5. The third-order valence-electron chi connectivity index (χ3n) is 5.31. The van der Waals surface area contributed by atoms with Crippen molar-refractivity contribution in [3.63, 3.8) is 0 Å². The van der Waals surface area contributed by atoms with Gasteiger partial charge >= 0.3 is 12.0 Å². The van der Waals surface area contributed by atoms with Gasteiger partial charge in [0.05, 0.1) is 13.0 Å². The van der Waals surface area contributed by atoms with Gasteiger partial charge in [-0.2, -0.15) is 9.28 Å². The molecule has 1 aromatic carbocycles. The number of carbonyl (C=O) groups is 3. The number of nitrogens with zero attached hydrogens (tertiary/aromatic N) is 1. The van der Waals surface area contributed by atoms with Gasteiger partial charge < -0.3 is 5.11 Å². The summed E-state index contributed by atoms with van der Waals surface area (Å²) < 4.78 is -0.532. The molecule has 1 N–H and O–H groups in total. The predicted octanol–water partition coefficient (Wildman–Crippen LogP) is 4.15. The summed E-state index contributed by atoms with van der Waals surface area (Å²) in [7, 11) is 0. The van der Waals surface area contributed by atoms with Crippen LogP contribution in [0, 0.1) is 0 Å². The first-order valence-corrected chi connectivity index (χ1v) is 8.87. The Balaban J connectivity index is 2.04. The summed E-state index contributed by atoms with van der Waals surface area (Å²) in [5, 5.41) is 9.56. The number of carboxylic acid groups (broad SMARTS) is 1. The molecule has 5 nitrogen and oxygen atoms in total. The maximum atomic E-state index is 12.6. The van der Waals surface area contributed by atoms with E-state index in [1.54, 1.807) is 19.1 Å². The molecular weight excluding hydrogens is 318 g/mol. The molecule has 0 saturated carbocycles. The van der Waals surface area contributed by atoms with Crippen molar-refractivity contribution >= 4 is 17.8 Å². The molecule has 2 atom stereocenters. The number of likely N-dealkylation sites (tertiary alicyclic amines) is 1. The summed E-state index contributed by atoms with van der Waals surface area (Å²) >= 11 is 0. The fourth-order valence-corrected chi connectivity index (χ4v) is 3.56. The maximum Gasteiger partial charge on any atom is 0.521 e. The molecule has 1 aliphatic heterocycles. The maximum absolute atomic E-state index is 12.6. The molecule has 0 spiro atoms. The van der Waals surface area contributed by atoms with Gasteiger partial charge in [-0.3, -0.25) is 4.79 Å². The van der Waals surface area contributed by atoms with Gasteiger partial charge in [0.15, 0.2) is 5.78 Å². The highest BCUT2D eigenvalue weighted by Crippen LogP contribution is 2.29. The van der Waals surface area contributed by atoms with Crippen molar-refractivity contribution in [3.8, 4) is 0 Å². The normalized spacial score (nSPS) is 23.4. The van der Waals surface area contributed by atoms with Crippen LogP contribution < -0.4 is 0 Å². The van der Waals surface area contributed by atoms with Crippen molar-refractivity contribution in [3.05, 3.63) is 35.4 Å². The second-order valence-electron chi connectivity index (χ2n) is 8.01. The Morgan fingerprint density at radius 3 is 2.16 bits per heavy atom. The first kappa shape index (κ1) is 19.3. The molecule has 0 radical (unpaired) electrons. The van der Waals surface area contributed by atoms with Gasteiger partial charge in [0.2, 0.25) is 0 Å². The van der Waals surface area contributed by atoms with Gasteiger partial charge in [-0.15, -0.1) is 0 Å². The van der Waals surface area contributed by atoms with Crippen LogP contribution in [-0.2, 0) is 10.2 Å². The second kappa shape index (κ2) is 7.08. The number of Topliss-reactive ketones (excluding diaryl/α,β-unsaturated/α-hetero) is 1. The first-order valence-electron chi connectivity index (χ1n) is 8.87. The van der Waals surface area contributed by atoms with Crippen molar-refractivity contribution in [2.45, 2.75) is 64.8 Å². The first-order chi connectivity index (χ1) is 11.6. The lowest BCUT2D eigenvalue weighted by atomic mass is 9.86. The highest BCUT2D eigenvalue weighted by atomic mass is 16.4. The SMILES string of the molecule is C[C@@H]1CCC[N+]1(C(=O)O)C(=O)CCC(=O)c1ccc(C(C)(C)C)cc1. The number of imide groups is 1. The molecule has 2 rings (SSSR count). The Hall–Kier alpha value is -2.01. The smallest absolute Gasteiger partial charge is 0.435 e. The average Bonchev–Trinajstić information content (AvgIpc) is 2.94. The Morgan fingerprint density at radius 1 is 1.12 bits per heavy atom. The van der Waals surface area contributed by atoms with Crippen molar-refractivity contribution in [2.75, 3.05) is 6.54 Å². The molecule has 25 heavy (non-hydrogen) atoms. The van der Waals surface area contributed by atoms with E-state index in [9.17, 15) is 19.5 Å². The van der Waals surface area contributed by atoms with Crippen LogP contribution in [0.3, 0.4) is 0 Å². The van der Waals surface area contributed by atoms with Crippen LogP contribution in [0.4, 0.5) is 4.79 Å². The summed E-state index contributed by atoms with van der Waals surface area (Å²) in [6.45, 7) is 8.44. The second-order valence-corrected chi connectivity index (χ2v) is 8.01. The average molecular weight is 346 g/mol. The summed E-state index contributed by atoms with van der Waals surface area (Å²) in [6, 6.07) is 7.21. The highest BCUT2D eigenvalue weighted by Gasteiger charge is 2.52. The molecule has 1 fully saturated rings. The van der Waals surface area contributed by atoms with E-state index >= 15 is 0 Å². The van der Waals surface area contributed by atoms with Crippen molar-refractivity contribution < 1.29 is 24.0 Å². The number of hydrogen-bond donors (Lipinski definition) is 1. The molecule has 136 valence electrons. The third-order valence-corrected chi connectivity index (χ3v) is 5.31. The molecule has 1 aliphatic rings. The van der Waals surface area contributed by atoms with E-state index in [1.165, 1.54) is 0 Å². The largest absolute Gasteiger partial charge is 0.521 e. The summed E-state index contributed by atoms with van der Waals surface area (Å²) in [4.78, 5) is 36.6. The topological polar surface area (TPSA) is 71.4 Å². The van der Waals surface area contributed by atoms with Gasteiger partial charge in [0.25, 0.3) is 0 Å². The van der Waals surface area contributed by atoms with Crippen LogP contribution in [-0.4, -0.2) is 40.0 Å². The molecule has 1 unspecified atom stereocenters. The van der Waals surface area contributed by atoms with Gasteiger partial charge in [0, 0.05) is 24.8 Å². The summed E-state index contributed by atoms with van der Waals surface area (Å²) in [5.74, 6) is -0.485. The van der Waals surface area contributed by atoms with E-state index in [0.29, 0.717) is 12.1 Å². The van der Waals surface area contributed by atoms with E-state index in [-0.39, 0.29) is 36.0 Å². The van der Waals surface area contributed by atoms with E-state index in [2.05, 4.69) is 20.8 Å². The minimum Gasteiger partial charge on any atom is -0.435 e. The van der Waals surface area contributed by atoms with Crippen molar-refractivity contribution in [2.24, 2.45) is 0 Å². The number of benzene rings is 1. The minimum atomic E-state index is -1.10. The third kappa shape index (κ3) is 3.82. The lowest BCUT2D eigenvalue weighted by Crippen LogP contribution is -2.58. The molecule has 1 heterocycles. The Labute approximate surface area is 149 Å². The molecule has 2 amide bonds. The Bertz CT molecular complexity index is 672. The number of carbonyl (C=O) groups excluding carboxylic acids is 2. The monoisotopic (exact) mass is 346 g/mol. The van der Waals surface area contributed by atoms with E-state index in [4.69, 9.17) is 0 Å². The van der Waals surface area contributed by atoms with Gasteiger partial charge in [0.1, 0.15) is 6.04 Å². The Morgan fingerprint density at radius 2 is 1.72 bits per heavy atom. The number of ketones is 1. The Kier molecular flexibility index (Phi) is 5.47. The predicted molar refractivity (Wildman–Crippen MR) is 95.6 cm³/mol. The van der Waals surface area contributed by atoms with Crippen LogP contribution >= 0.6 is 0 Å². The van der Waals surface area contributed by atoms with E-state index in [0.717, 1.165) is 18.4 Å². The zero-order valence-electron chi connectivity index (χ0n) is 15.5. The van der Waals surface area contributed by atoms with E-state index < -0.39 is 10.6 Å². The fourth-order valence-electron chi connectivity index (χ4n) is 3.56. The van der Waals surface area contributed by atoms with Gasteiger partial charge in [-0.25, -0.2) is 4.79 Å². The van der Waals surface area contributed by atoms with Gasteiger partial charge in [-0.05, 0) is 17.9 Å². The summed E-state index contributed by atoms with van der Waals surface area (Å²) in [6.07, 6.45) is 0.364. The number of hydrogen-bond acceptors (Lipinski definition) is 3.